The van der Waals surface area contributed by atoms with Crippen LogP contribution in [0.3, 0.4) is 0 Å². The molecule has 0 atom stereocenters. The van der Waals surface area contributed by atoms with Crippen LogP contribution < -0.4 is 16.5 Å². The van der Waals surface area contributed by atoms with Crippen LogP contribution in [-0.2, 0) is 9.63 Å². The summed E-state index contributed by atoms with van der Waals surface area (Å²) in [5.74, 6) is -1.93. The molecule has 2 aromatic carbocycles. The first-order chi connectivity index (χ1) is 12.9. The van der Waals surface area contributed by atoms with E-state index in [1.54, 1.807) is 13.0 Å². The first-order valence-corrected chi connectivity index (χ1v) is 8.18. The first-order valence-electron chi connectivity index (χ1n) is 8.18. The molecule has 0 aliphatic carbocycles. The van der Waals surface area contributed by atoms with Gasteiger partial charge in [0.1, 0.15) is 5.82 Å². The van der Waals surface area contributed by atoms with E-state index in [1.165, 1.54) is 30.3 Å². The highest BCUT2D eigenvalue weighted by Crippen LogP contribution is 2.25. The molecule has 2 amide bonds. The van der Waals surface area contributed by atoms with Crippen LogP contribution in [0.1, 0.15) is 35.3 Å². The SMILES string of the molecule is CC.Cc1ccc(Nc2cc(C#N)ccc2C(=O)NOCC(N)=O)c(F)c1. The molecule has 0 heterocycles. The number of halogens is 1. The van der Waals surface area contributed by atoms with Crippen LogP contribution >= 0.6 is 0 Å². The zero-order chi connectivity index (χ0) is 20.4. The van der Waals surface area contributed by atoms with Crippen LogP contribution in [0.5, 0.6) is 0 Å². The molecule has 0 saturated heterocycles. The Morgan fingerprint density at radius 3 is 2.48 bits per heavy atom. The Balaban J connectivity index is 0.00000176. The Hall–Kier alpha value is -3.44. The molecule has 27 heavy (non-hydrogen) atoms. The molecule has 4 N–H and O–H groups in total. The normalized spacial score (nSPS) is 9.44. The number of aryl methyl sites for hydroxylation is 1. The average Bonchev–Trinajstić information content (AvgIpc) is 2.65. The van der Waals surface area contributed by atoms with E-state index in [9.17, 15) is 14.0 Å². The van der Waals surface area contributed by atoms with Crippen LogP contribution in [0.25, 0.3) is 0 Å². The smallest absolute Gasteiger partial charge is 0.276 e. The third kappa shape index (κ3) is 6.41. The number of hydrogen-bond acceptors (Lipinski definition) is 5. The van der Waals surface area contributed by atoms with E-state index in [4.69, 9.17) is 11.0 Å². The van der Waals surface area contributed by atoms with Crippen LogP contribution in [0.4, 0.5) is 15.8 Å². The van der Waals surface area contributed by atoms with Crippen LogP contribution in [-0.4, -0.2) is 18.4 Å². The molecule has 2 rings (SSSR count). The minimum atomic E-state index is -0.750. The summed E-state index contributed by atoms with van der Waals surface area (Å²) in [6.45, 7) is 5.26. The molecule has 0 spiro atoms. The first kappa shape index (κ1) is 21.6. The fourth-order valence-electron chi connectivity index (χ4n) is 2.01. The van der Waals surface area contributed by atoms with Crippen LogP contribution in [0.15, 0.2) is 36.4 Å². The van der Waals surface area contributed by atoms with Gasteiger partial charge in [-0.3, -0.25) is 14.4 Å². The van der Waals surface area contributed by atoms with E-state index in [0.717, 1.165) is 5.56 Å². The van der Waals surface area contributed by atoms with Gasteiger partial charge in [0.05, 0.1) is 28.6 Å². The van der Waals surface area contributed by atoms with E-state index in [1.807, 2.05) is 19.9 Å². The quantitative estimate of drug-likeness (QED) is 0.674. The van der Waals surface area contributed by atoms with Crippen molar-refractivity contribution in [3.8, 4) is 6.07 Å². The molecule has 0 aromatic heterocycles. The van der Waals surface area contributed by atoms with Gasteiger partial charge in [0.25, 0.3) is 5.91 Å². The maximum absolute atomic E-state index is 14.0. The molecule has 0 saturated carbocycles. The molecule has 142 valence electrons. The van der Waals surface area contributed by atoms with E-state index < -0.39 is 24.2 Å². The highest BCUT2D eigenvalue weighted by molar-refractivity contribution is 6.00. The standard InChI is InChI=1S/C17H15FN4O3.C2H6/c1-10-2-5-14(13(18)6-10)21-15-7-11(8-19)3-4-12(15)17(24)22-25-9-16(20)23;1-2/h2-7,21H,9H2,1H3,(H2,20,23)(H,22,24);1-2H3. The Labute approximate surface area is 156 Å². The zero-order valence-corrected chi connectivity index (χ0v) is 15.3. The Bertz CT molecular complexity index is 863. The molecule has 0 radical (unpaired) electrons. The minimum Gasteiger partial charge on any atom is -0.368 e. The van der Waals surface area contributed by atoms with Gasteiger partial charge in [0, 0.05) is 0 Å². The molecule has 8 heteroatoms. The summed E-state index contributed by atoms with van der Waals surface area (Å²) in [6.07, 6.45) is 0. The van der Waals surface area contributed by atoms with Crippen molar-refractivity contribution in [3.63, 3.8) is 0 Å². The number of anilines is 2. The summed E-state index contributed by atoms with van der Waals surface area (Å²) in [5, 5.41) is 11.8. The van der Waals surface area contributed by atoms with Crippen molar-refractivity contribution in [2.75, 3.05) is 11.9 Å². The number of carbonyl (C=O) groups excluding carboxylic acids is 2. The number of nitriles is 1. The van der Waals surface area contributed by atoms with Gasteiger partial charge in [-0.1, -0.05) is 19.9 Å². The lowest BCUT2D eigenvalue weighted by molar-refractivity contribution is -0.124. The number of hydrogen-bond donors (Lipinski definition) is 3. The number of hydroxylamine groups is 1. The number of benzene rings is 2. The predicted octanol–water partition coefficient (Wildman–Crippen LogP) is 2.92. The number of rotatable bonds is 6. The maximum atomic E-state index is 14.0. The topological polar surface area (TPSA) is 117 Å². The highest BCUT2D eigenvalue weighted by Gasteiger charge is 2.14. The number of nitrogens with two attached hydrogens (primary N) is 1. The highest BCUT2D eigenvalue weighted by atomic mass is 19.1. The molecule has 2 aromatic rings. The summed E-state index contributed by atoms with van der Waals surface area (Å²) >= 11 is 0. The van der Waals surface area contributed by atoms with Crippen molar-refractivity contribution in [3.05, 3.63) is 58.9 Å². The Morgan fingerprint density at radius 2 is 1.89 bits per heavy atom. The Morgan fingerprint density at radius 1 is 1.19 bits per heavy atom. The number of nitrogens with zero attached hydrogens (tertiary/aromatic N) is 1. The Kier molecular flexibility index (Phi) is 8.42. The van der Waals surface area contributed by atoms with Gasteiger partial charge in [-0.05, 0) is 42.8 Å². The summed E-state index contributed by atoms with van der Waals surface area (Å²) in [6, 6.07) is 10.7. The van der Waals surface area contributed by atoms with Crippen LogP contribution in [0.2, 0.25) is 0 Å². The molecule has 7 nitrogen and oxygen atoms in total. The van der Waals surface area contributed by atoms with E-state index in [2.05, 4.69) is 15.6 Å². The average molecular weight is 372 g/mol. The summed E-state index contributed by atoms with van der Waals surface area (Å²) in [7, 11) is 0. The lowest BCUT2D eigenvalue weighted by atomic mass is 10.1. The second-order valence-corrected chi connectivity index (χ2v) is 5.17. The van der Waals surface area contributed by atoms with E-state index >= 15 is 0 Å². The second kappa shape index (κ2) is 10.5. The fourth-order valence-corrected chi connectivity index (χ4v) is 2.01. The van der Waals surface area contributed by atoms with Crippen molar-refractivity contribution in [2.45, 2.75) is 20.8 Å². The molecule has 0 bridgehead atoms. The lowest BCUT2D eigenvalue weighted by Gasteiger charge is -2.13. The van der Waals surface area contributed by atoms with Crippen molar-refractivity contribution >= 4 is 23.2 Å². The molecular weight excluding hydrogens is 351 g/mol. The van der Waals surface area contributed by atoms with E-state index in [-0.39, 0.29) is 22.5 Å². The van der Waals surface area contributed by atoms with Gasteiger partial charge in [-0.15, -0.1) is 0 Å². The van der Waals surface area contributed by atoms with Gasteiger partial charge >= 0.3 is 0 Å². The molecule has 0 aliphatic rings. The minimum absolute atomic E-state index is 0.100. The summed E-state index contributed by atoms with van der Waals surface area (Å²) in [5.41, 5.74) is 8.45. The van der Waals surface area contributed by atoms with Gasteiger partial charge < -0.3 is 11.1 Å². The van der Waals surface area contributed by atoms with Gasteiger partial charge in [0.15, 0.2) is 6.61 Å². The lowest BCUT2D eigenvalue weighted by Crippen LogP contribution is -2.29. The summed E-state index contributed by atoms with van der Waals surface area (Å²) in [4.78, 5) is 27.5. The fraction of sp³-hybridized carbons (Fsp3) is 0.211. The largest absolute Gasteiger partial charge is 0.368 e. The predicted molar refractivity (Wildman–Crippen MR) is 99.5 cm³/mol. The zero-order valence-electron chi connectivity index (χ0n) is 15.3. The number of primary amides is 1. The molecular formula is C19H21FN4O3. The third-order valence-electron chi connectivity index (χ3n) is 3.17. The molecule has 0 unspecified atom stereocenters. The second-order valence-electron chi connectivity index (χ2n) is 5.17. The third-order valence-corrected chi connectivity index (χ3v) is 3.17. The number of nitrogens with one attached hydrogen (secondary N) is 2. The monoisotopic (exact) mass is 372 g/mol. The van der Waals surface area contributed by atoms with Crippen molar-refractivity contribution in [1.29, 1.82) is 5.26 Å². The molecule has 0 aliphatic heterocycles. The summed E-state index contributed by atoms with van der Waals surface area (Å²) < 4.78 is 14.0. The van der Waals surface area contributed by atoms with Crippen molar-refractivity contribution in [2.24, 2.45) is 5.73 Å². The van der Waals surface area contributed by atoms with Crippen LogP contribution in [0, 0.1) is 24.1 Å². The van der Waals surface area contributed by atoms with Crippen molar-refractivity contribution in [1.82, 2.24) is 5.48 Å². The number of carbonyl (C=O) groups is 2. The van der Waals surface area contributed by atoms with Gasteiger partial charge in [-0.2, -0.15) is 5.26 Å². The number of amides is 2. The van der Waals surface area contributed by atoms with Gasteiger partial charge in [-0.25, -0.2) is 9.87 Å². The van der Waals surface area contributed by atoms with E-state index in [0.29, 0.717) is 0 Å². The maximum Gasteiger partial charge on any atom is 0.276 e. The van der Waals surface area contributed by atoms with Crippen molar-refractivity contribution < 1.29 is 18.8 Å². The van der Waals surface area contributed by atoms with Gasteiger partial charge in [0.2, 0.25) is 5.91 Å². The molecule has 0 fully saturated rings.